The highest BCUT2D eigenvalue weighted by molar-refractivity contribution is 7.80. The molecule has 0 atom stereocenters. The Labute approximate surface area is 105 Å². The first-order chi connectivity index (χ1) is 8.18. The molecule has 3 nitrogen and oxygen atoms in total. The summed E-state index contributed by atoms with van der Waals surface area (Å²) in [7, 11) is 0. The second kappa shape index (κ2) is 5.01. The quantitative estimate of drug-likeness (QED) is 0.511. The van der Waals surface area contributed by atoms with Crippen LogP contribution in [0.3, 0.4) is 0 Å². The molecule has 0 aliphatic heterocycles. The summed E-state index contributed by atoms with van der Waals surface area (Å²) in [5.41, 5.74) is 2.04. The molecular weight excluding hydrogens is 234 g/mol. The van der Waals surface area contributed by atoms with Crippen molar-refractivity contribution in [1.82, 2.24) is 0 Å². The predicted molar refractivity (Wildman–Crippen MR) is 69.6 cm³/mol. The van der Waals surface area contributed by atoms with E-state index in [0.717, 1.165) is 11.1 Å². The van der Waals surface area contributed by atoms with Crippen molar-refractivity contribution < 1.29 is 4.92 Å². The Morgan fingerprint density at radius 2 is 1.76 bits per heavy atom. The molecule has 4 heteroatoms. The van der Waals surface area contributed by atoms with Crippen LogP contribution in [0, 0.1) is 10.1 Å². The minimum atomic E-state index is -0.406. The molecule has 0 aliphatic carbocycles. The SMILES string of the molecule is O=[N+]([O-])c1cccc(Cc2ccccc2)c1S. The van der Waals surface area contributed by atoms with Gasteiger partial charge in [0.05, 0.1) is 9.82 Å². The van der Waals surface area contributed by atoms with Crippen molar-refractivity contribution >= 4 is 18.3 Å². The van der Waals surface area contributed by atoms with Crippen molar-refractivity contribution in [3.63, 3.8) is 0 Å². The minimum absolute atomic E-state index is 0.0572. The van der Waals surface area contributed by atoms with Crippen LogP contribution in [-0.4, -0.2) is 4.92 Å². The van der Waals surface area contributed by atoms with Gasteiger partial charge in [-0.2, -0.15) is 0 Å². The number of nitro benzene ring substituents is 1. The number of benzene rings is 2. The van der Waals surface area contributed by atoms with Gasteiger partial charge in [-0.3, -0.25) is 10.1 Å². The molecule has 0 spiro atoms. The first-order valence-corrected chi connectivity index (χ1v) is 5.62. The molecule has 0 fully saturated rings. The van der Waals surface area contributed by atoms with Gasteiger partial charge in [-0.1, -0.05) is 42.5 Å². The molecule has 86 valence electrons. The normalized spacial score (nSPS) is 10.2. The number of thiol groups is 1. The van der Waals surface area contributed by atoms with E-state index in [1.165, 1.54) is 6.07 Å². The monoisotopic (exact) mass is 245 g/mol. The van der Waals surface area contributed by atoms with E-state index < -0.39 is 4.92 Å². The second-order valence-electron chi connectivity index (χ2n) is 3.70. The van der Waals surface area contributed by atoms with Gasteiger partial charge in [-0.25, -0.2) is 0 Å². The Kier molecular flexibility index (Phi) is 3.44. The summed E-state index contributed by atoms with van der Waals surface area (Å²) in [4.78, 5) is 10.8. The van der Waals surface area contributed by atoms with Crippen molar-refractivity contribution in [2.45, 2.75) is 11.3 Å². The summed E-state index contributed by atoms with van der Waals surface area (Å²) in [6, 6.07) is 14.8. The lowest BCUT2D eigenvalue weighted by Gasteiger charge is -2.05. The maximum Gasteiger partial charge on any atom is 0.282 e. The molecule has 0 saturated carbocycles. The molecule has 17 heavy (non-hydrogen) atoms. The van der Waals surface area contributed by atoms with E-state index >= 15 is 0 Å². The van der Waals surface area contributed by atoms with E-state index in [1.54, 1.807) is 6.07 Å². The maximum atomic E-state index is 10.8. The number of rotatable bonds is 3. The van der Waals surface area contributed by atoms with E-state index in [9.17, 15) is 10.1 Å². The van der Waals surface area contributed by atoms with Gasteiger partial charge in [0.15, 0.2) is 0 Å². The summed E-state index contributed by atoms with van der Waals surface area (Å²) in [6.45, 7) is 0. The first kappa shape index (κ1) is 11.7. The van der Waals surface area contributed by atoms with Crippen LogP contribution in [0.2, 0.25) is 0 Å². The van der Waals surface area contributed by atoms with Crippen LogP contribution in [0.1, 0.15) is 11.1 Å². The minimum Gasteiger partial charge on any atom is -0.258 e. The van der Waals surface area contributed by atoms with Crippen molar-refractivity contribution in [3.8, 4) is 0 Å². The highest BCUT2D eigenvalue weighted by Crippen LogP contribution is 2.27. The molecular formula is C13H11NO2S. The van der Waals surface area contributed by atoms with Gasteiger partial charge < -0.3 is 0 Å². The highest BCUT2D eigenvalue weighted by atomic mass is 32.1. The number of hydrogen-bond donors (Lipinski definition) is 1. The first-order valence-electron chi connectivity index (χ1n) is 5.17. The zero-order valence-electron chi connectivity index (χ0n) is 9.04. The molecule has 0 aromatic heterocycles. The summed E-state index contributed by atoms with van der Waals surface area (Å²) in [5, 5.41) is 10.8. The lowest BCUT2D eigenvalue weighted by atomic mass is 10.0. The van der Waals surface area contributed by atoms with E-state index in [0.29, 0.717) is 11.3 Å². The fourth-order valence-electron chi connectivity index (χ4n) is 1.68. The maximum absolute atomic E-state index is 10.8. The van der Waals surface area contributed by atoms with E-state index in [1.807, 2.05) is 36.4 Å². The van der Waals surface area contributed by atoms with Crippen LogP contribution in [-0.2, 0) is 6.42 Å². The lowest BCUT2D eigenvalue weighted by molar-refractivity contribution is -0.387. The summed E-state index contributed by atoms with van der Waals surface area (Å²) in [6.07, 6.45) is 0.654. The van der Waals surface area contributed by atoms with Gasteiger partial charge in [0.25, 0.3) is 5.69 Å². The fraction of sp³-hybridized carbons (Fsp3) is 0.0769. The van der Waals surface area contributed by atoms with Crippen molar-refractivity contribution in [2.75, 3.05) is 0 Å². The predicted octanol–water partition coefficient (Wildman–Crippen LogP) is 3.47. The molecule has 0 heterocycles. The van der Waals surface area contributed by atoms with Crippen molar-refractivity contribution in [2.24, 2.45) is 0 Å². The average Bonchev–Trinajstić information content (AvgIpc) is 2.33. The number of hydrogen-bond acceptors (Lipinski definition) is 3. The molecule has 0 saturated heterocycles. The van der Waals surface area contributed by atoms with Crippen molar-refractivity contribution in [3.05, 3.63) is 69.8 Å². The van der Waals surface area contributed by atoms with Crippen LogP contribution in [0.25, 0.3) is 0 Å². The largest absolute Gasteiger partial charge is 0.282 e. The van der Waals surface area contributed by atoms with E-state index in [4.69, 9.17) is 0 Å². The molecule has 0 aliphatic rings. The Morgan fingerprint density at radius 1 is 1.06 bits per heavy atom. The smallest absolute Gasteiger partial charge is 0.258 e. The van der Waals surface area contributed by atoms with Gasteiger partial charge in [0.1, 0.15) is 0 Å². The molecule has 2 rings (SSSR count). The molecule has 2 aromatic carbocycles. The third kappa shape index (κ3) is 2.65. The van der Waals surface area contributed by atoms with Crippen molar-refractivity contribution in [1.29, 1.82) is 0 Å². The molecule has 0 N–H and O–H groups in total. The zero-order chi connectivity index (χ0) is 12.3. The van der Waals surface area contributed by atoms with E-state index in [-0.39, 0.29) is 5.69 Å². The Balaban J connectivity index is 2.34. The third-order valence-electron chi connectivity index (χ3n) is 2.53. The fourth-order valence-corrected chi connectivity index (χ4v) is 1.99. The Morgan fingerprint density at radius 3 is 2.41 bits per heavy atom. The van der Waals surface area contributed by atoms with Crippen LogP contribution in [0.5, 0.6) is 0 Å². The third-order valence-corrected chi connectivity index (χ3v) is 3.05. The topological polar surface area (TPSA) is 43.1 Å². The molecule has 0 radical (unpaired) electrons. The molecule has 2 aromatic rings. The zero-order valence-corrected chi connectivity index (χ0v) is 9.93. The van der Waals surface area contributed by atoms with E-state index in [2.05, 4.69) is 12.6 Å². The summed E-state index contributed by atoms with van der Waals surface area (Å²) >= 11 is 4.24. The van der Waals surface area contributed by atoms with Crippen LogP contribution in [0.4, 0.5) is 5.69 Å². The average molecular weight is 245 g/mol. The highest BCUT2D eigenvalue weighted by Gasteiger charge is 2.13. The van der Waals surface area contributed by atoms with Crippen LogP contribution in [0.15, 0.2) is 53.4 Å². The molecule has 0 amide bonds. The second-order valence-corrected chi connectivity index (χ2v) is 4.15. The summed E-state index contributed by atoms with van der Waals surface area (Å²) < 4.78 is 0. The standard InChI is InChI=1S/C13H11NO2S/c15-14(16)12-8-4-7-11(13(12)17)9-10-5-2-1-3-6-10/h1-8,17H,9H2. The van der Waals surface area contributed by atoms with Gasteiger partial charge >= 0.3 is 0 Å². The van der Waals surface area contributed by atoms with Crippen LogP contribution >= 0.6 is 12.6 Å². The van der Waals surface area contributed by atoms with Gasteiger partial charge in [-0.05, 0) is 17.5 Å². The van der Waals surface area contributed by atoms with Gasteiger partial charge in [0, 0.05) is 6.07 Å². The molecule has 0 unspecified atom stereocenters. The molecule has 0 bridgehead atoms. The summed E-state index contributed by atoms with van der Waals surface area (Å²) in [5.74, 6) is 0. The number of nitrogens with zero attached hydrogens (tertiary/aromatic N) is 1. The lowest BCUT2D eigenvalue weighted by Crippen LogP contribution is -1.95. The van der Waals surface area contributed by atoms with Crippen LogP contribution < -0.4 is 0 Å². The number of nitro groups is 1. The van der Waals surface area contributed by atoms with Gasteiger partial charge in [0.2, 0.25) is 0 Å². The van der Waals surface area contributed by atoms with Gasteiger partial charge in [-0.15, -0.1) is 12.6 Å². The Hall–Kier alpha value is -1.81. The Bertz CT molecular complexity index is 540.